The van der Waals surface area contributed by atoms with Crippen LogP contribution < -0.4 is 14.8 Å². The molecule has 0 aliphatic heterocycles. The largest absolute Gasteiger partial charge is 0.497 e. The van der Waals surface area contributed by atoms with Crippen LogP contribution in [0, 0.1) is 0 Å². The zero-order chi connectivity index (χ0) is 19.5. The molecule has 0 spiro atoms. The van der Waals surface area contributed by atoms with Gasteiger partial charge in [-0.05, 0) is 47.9 Å². The number of benzene rings is 2. The van der Waals surface area contributed by atoms with Gasteiger partial charge in [-0.15, -0.1) is 0 Å². The molecule has 0 aliphatic rings. The number of rotatable bonds is 9. The third-order valence-corrected chi connectivity index (χ3v) is 3.77. The molecule has 1 N–H and O–H groups in total. The number of hydrogen-bond acceptors (Lipinski definition) is 5. The van der Waals surface area contributed by atoms with Crippen LogP contribution in [0.5, 0.6) is 11.5 Å². The van der Waals surface area contributed by atoms with Gasteiger partial charge in [-0.2, -0.15) is 0 Å². The van der Waals surface area contributed by atoms with Crippen molar-refractivity contribution in [3.05, 3.63) is 65.7 Å². The van der Waals surface area contributed by atoms with Gasteiger partial charge < -0.3 is 19.5 Å². The van der Waals surface area contributed by atoms with Gasteiger partial charge in [-0.1, -0.05) is 24.3 Å². The number of esters is 1. The highest BCUT2D eigenvalue weighted by atomic mass is 16.5. The van der Waals surface area contributed by atoms with Crippen molar-refractivity contribution in [2.75, 3.05) is 27.4 Å². The molecule has 1 amide bonds. The molecule has 142 valence electrons. The second-order valence-electron chi connectivity index (χ2n) is 5.66. The molecule has 27 heavy (non-hydrogen) atoms. The summed E-state index contributed by atoms with van der Waals surface area (Å²) in [7, 11) is 3.20. The van der Waals surface area contributed by atoms with Crippen LogP contribution in [-0.4, -0.2) is 39.2 Å². The molecule has 0 aliphatic carbocycles. The molecule has 0 fully saturated rings. The van der Waals surface area contributed by atoms with Gasteiger partial charge in [0.15, 0.2) is 6.61 Å². The Morgan fingerprint density at radius 1 is 0.926 bits per heavy atom. The summed E-state index contributed by atoms with van der Waals surface area (Å²) in [6.07, 6.45) is 3.58. The van der Waals surface area contributed by atoms with Crippen molar-refractivity contribution < 1.29 is 23.8 Å². The molecule has 2 aromatic rings. The number of carbonyl (C=O) groups is 2. The van der Waals surface area contributed by atoms with Crippen LogP contribution in [0.15, 0.2) is 54.6 Å². The van der Waals surface area contributed by atoms with E-state index in [0.717, 1.165) is 22.6 Å². The molecule has 2 aromatic carbocycles. The molecule has 0 saturated heterocycles. The summed E-state index contributed by atoms with van der Waals surface area (Å²) in [6.45, 7) is 0.152. The molecule has 0 atom stereocenters. The van der Waals surface area contributed by atoms with Gasteiger partial charge in [0.1, 0.15) is 11.5 Å². The van der Waals surface area contributed by atoms with Gasteiger partial charge in [0, 0.05) is 12.6 Å². The summed E-state index contributed by atoms with van der Waals surface area (Å²) in [5, 5.41) is 2.72. The average molecular weight is 369 g/mol. The molecule has 0 bridgehead atoms. The number of methoxy groups -OCH3 is 2. The van der Waals surface area contributed by atoms with Crippen LogP contribution in [0.1, 0.15) is 11.1 Å². The van der Waals surface area contributed by atoms with Gasteiger partial charge in [0.05, 0.1) is 14.2 Å². The standard InChI is InChI=1S/C21H23NO5/c1-25-18-8-3-16(4-9-18)7-12-21(24)27-15-20(23)22-14-13-17-5-10-19(26-2)11-6-17/h3-12H,13-15H2,1-2H3,(H,22,23)/b12-7+. The summed E-state index contributed by atoms with van der Waals surface area (Å²) in [5.41, 5.74) is 1.91. The molecular weight excluding hydrogens is 346 g/mol. The van der Waals surface area contributed by atoms with E-state index in [1.165, 1.54) is 6.08 Å². The van der Waals surface area contributed by atoms with Crippen molar-refractivity contribution in [1.29, 1.82) is 0 Å². The molecule has 6 nitrogen and oxygen atoms in total. The predicted molar refractivity (Wildman–Crippen MR) is 103 cm³/mol. The molecular formula is C21H23NO5. The minimum absolute atomic E-state index is 0.311. The lowest BCUT2D eigenvalue weighted by atomic mass is 10.1. The van der Waals surface area contributed by atoms with E-state index in [1.807, 2.05) is 36.4 Å². The van der Waals surface area contributed by atoms with E-state index >= 15 is 0 Å². The van der Waals surface area contributed by atoms with Gasteiger partial charge in [0.25, 0.3) is 5.91 Å². The third kappa shape index (κ3) is 7.23. The molecule has 6 heteroatoms. The molecule has 0 saturated carbocycles. The third-order valence-electron chi connectivity index (χ3n) is 3.77. The van der Waals surface area contributed by atoms with Crippen molar-refractivity contribution in [3.8, 4) is 11.5 Å². The fourth-order valence-corrected chi connectivity index (χ4v) is 2.25. The first-order valence-electron chi connectivity index (χ1n) is 8.49. The Balaban J connectivity index is 1.66. The monoisotopic (exact) mass is 369 g/mol. The Kier molecular flexibility index (Phi) is 7.91. The summed E-state index contributed by atoms with van der Waals surface area (Å²) in [5.74, 6) is 0.615. The van der Waals surface area contributed by atoms with Crippen molar-refractivity contribution >= 4 is 18.0 Å². The number of hydrogen-bond donors (Lipinski definition) is 1. The van der Waals surface area contributed by atoms with Crippen LogP contribution in [0.3, 0.4) is 0 Å². The first-order chi connectivity index (χ1) is 13.1. The van der Waals surface area contributed by atoms with Crippen LogP contribution in [0.4, 0.5) is 0 Å². The Labute approximate surface area is 158 Å². The first-order valence-corrected chi connectivity index (χ1v) is 8.49. The van der Waals surface area contributed by atoms with E-state index in [2.05, 4.69) is 5.32 Å². The van der Waals surface area contributed by atoms with Crippen molar-refractivity contribution in [2.45, 2.75) is 6.42 Å². The molecule has 0 aromatic heterocycles. The zero-order valence-electron chi connectivity index (χ0n) is 15.4. The van der Waals surface area contributed by atoms with Crippen LogP contribution in [0.25, 0.3) is 6.08 Å². The average Bonchev–Trinajstić information content (AvgIpc) is 2.71. The molecule has 0 heterocycles. The van der Waals surface area contributed by atoms with Crippen LogP contribution in [-0.2, 0) is 20.7 Å². The summed E-state index contributed by atoms with van der Waals surface area (Å²) >= 11 is 0. The lowest BCUT2D eigenvalue weighted by molar-refractivity contribution is -0.143. The lowest BCUT2D eigenvalue weighted by Gasteiger charge is -2.06. The number of carbonyl (C=O) groups excluding carboxylic acids is 2. The summed E-state index contributed by atoms with van der Waals surface area (Å²) < 4.78 is 15.1. The smallest absolute Gasteiger partial charge is 0.331 e. The second kappa shape index (κ2) is 10.7. The quantitative estimate of drug-likeness (QED) is 0.543. The number of nitrogens with one attached hydrogen (secondary N) is 1. The van der Waals surface area contributed by atoms with Crippen LogP contribution >= 0.6 is 0 Å². The minimum Gasteiger partial charge on any atom is -0.497 e. The maximum Gasteiger partial charge on any atom is 0.331 e. The predicted octanol–water partition coefficient (Wildman–Crippen LogP) is 2.62. The number of amides is 1. The topological polar surface area (TPSA) is 73.9 Å². The highest BCUT2D eigenvalue weighted by molar-refractivity contribution is 5.89. The summed E-state index contributed by atoms with van der Waals surface area (Å²) in [6, 6.07) is 14.8. The van der Waals surface area contributed by atoms with Crippen molar-refractivity contribution in [3.63, 3.8) is 0 Å². The maximum absolute atomic E-state index is 11.7. The Morgan fingerprint density at radius 2 is 1.52 bits per heavy atom. The lowest BCUT2D eigenvalue weighted by Crippen LogP contribution is -2.30. The second-order valence-corrected chi connectivity index (χ2v) is 5.66. The van der Waals surface area contributed by atoms with Gasteiger partial charge in [0.2, 0.25) is 0 Å². The van der Waals surface area contributed by atoms with Crippen molar-refractivity contribution in [1.82, 2.24) is 5.32 Å². The van der Waals surface area contributed by atoms with Crippen LogP contribution in [0.2, 0.25) is 0 Å². The Morgan fingerprint density at radius 3 is 2.11 bits per heavy atom. The van der Waals surface area contributed by atoms with E-state index < -0.39 is 5.97 Å². The Hall–Kier alpha value is -3.28. The van der Waals surface area contributed by atoms with E-state index in [0.29, 0.717) is 13.0 Å². The highest BCUT2D eigenvalue weighted by Gasteiger charge is 2.05. The Bertz CT molecular complexity index is 766. The fourth-order valence-electron chi connectivity index (χ4n) is 2.25. The van der Waals surface area contributed by atoms with E-state index in [-0.39, 0.29) is 12.5 Å². The fraction of sp³-hybridized carbons (Fsp3) is 0.238. The summed E-state index contributed by atoms with van der Waals surface area (Å²) in [4.78, 5) is 23.4. The normalized spacial score (nSPS) is 10.4. The first kappa shape index (κ1) is 20.0. The SMILES string of the molecule is COc1ccc(/C=C/C(=O)OCC(=O)NCCc2ccc(OC)cc2)cc1. The number of ether oxygens (including phenoxy) is 3. The zero-order valence-corrected chi connectivity index (χ0v) is 15.4. The molecule has 2 rings (SSSR count). The van der Waals surface area contributed by atoms with Gasteiger partial charge in [-0.25, -0.2) is 4.79 Å². The van der Waals surface area contributed by atoms with Gasteiger partial charge >= 0.3 is 5.97 Å². The van der Waals surface area contributed by atoms with E-state index in [4.69, 9.17) is 14.2 Å². The maximum atomic E-state index is 11.7. The van der Waals surface area contributed by atoms with E-state index in [9.17, 15) is 9.59 Å². The molecule has 0 radical (unpaired) electrons. The highest BCUT2D eigenvalue weighted by Crippen LogP contribution is 2.12. The minimum atomic E-state index is -0.573. The van der Waals surface area contributed by atoms with E-state index in [1.54, 1.807) is 32.4 Å². The molecule has 0 unspecified atom stereocenters. The van der Waals surface area contributed by atoms with Crippen molar-refractivity contribution in [2.24, 2.45) is 0 Å². The van der Waals surface area contributed by atoms with Gasteiger partial charge in [-0.3, -0.25) is 4.79 Å².